The molecular formula is C16H19BrFNO4. The lowest BCUT2D eigenvalue weighted by Gasteiger charge is -2.21. The van der Waals surface area contributed by atoms with Crippen molar-refractivity contribution in [1.82, 2.24) is 0 Å². The highest BCUT2D eigenvalue weighted by atomic mass is 79.9. The highest BCUT2D eigenvalue weighted by molar-refractivity contribution is 9.12. The minimum Gasteiger partial charge on any atom is -0.500 e. The summed E-state index contributed by atoms with van der Waals surface area (Å²) < 4.78 is 24.9. The van der Waals surface area contributed by atoms with Gasteiger partial charge in [-0.2, -0.15) is 4.39 Å². The van der Waals surface area contributed by atoms with Crippen molar-refractivity contribution in [2.45, 2.75) is 27.2 Å². The minimum absolute atomic E-state index is 0.142. The second-order valence-corrected chi connectivity index (χ2v) is 5.39. The SMILES string of the molecule is CC.COC1=C(Br)C(Oc2cccc(F)c2[N+](=O)[O-])=CC(C)C1. The van der Waals surface area contributed by atoms with Gasteiger partial charge < -0.3 is 9.47 Å². The summed E-state index contributed by atoms with van der Waals surface area (Å²) in [5.41, 5.74) is -0.684. The highest BCUT2D eigenvalue weighted by Gasteiger charge is 2.26. The fourth-order valence-corrected chi connectivity index (χ4v) is 2.57. The van der Waals surface area contributed by atoms with Gasteiger partial charge in [0.05, 0.1) is 16.5 Å². The minimum atomic E-state index is -0.936. The molecule has 0 radical (unpaired) electrons. The lowest BCUT2D eigenvalue weighted by atomic mass is 10.0. The van der Waals surface area contributed by atoms with Crippen LogP contribution in [0.5, 0.6) is 5.75 Å². The number of hydrogen-bond acceptors (Lipinski definition) is 4. The summed E-state index contributed by atoms with van der Waals surface area (Å²) in [5, 5.41) is 11.0. The normalized spacial score (nSPS) is 17.0. The van der Waals surface area contributed by atoms with Crippen molar-refractivity contribution in [2.75, 3.05) is 7.11 Å². The summed E-state index contributed by atoms with van der Waals surface area (Å²) in [5.74, 6) is 0.115. The molecule has 1 aliphatic rings. The van der Waals surface area contributed by atoms with Crippen LogP contribution >= 0.6 is 15.9 Å². The van der Waals surface area contributed by atoms with Gasteiger partial charge in [0.15, 0.2) is 0 Å². The third-order valence-electron chi connectivity index (χ3n) is 3.00. The molecule has 0 aromatic heterocycles. The highest BCUT2D eigenvalue weighted by Crippen LogP contribution is 2.37. The molecule has 0 saturated carbocycles. The number of methoxy groups -OCH3 is 1. The van der Waals surface area contributed by atoms with Gasteiger partial charge in [-0.05, 0) is 40.1 Å². The lowest BCUT2D eigenvalue weighted by Crippen LogP contribution is -2.10. The Morgan fingerprint density at radius 3 is 2.61 bits per heavy atom. The van der Waals surface area contributed by atoms with Gasteiger partial charge in [-0.3, -0.25) is 10.1 Å². The number of nitrogens with zero attached hydrogens (tertiary/aromatic N) is 1. The number of hydrogen-bond donors (Lipinski definition) is 0. The maximum atomic E-state index is 13.6. The first-order chi connectivity index (χ1) is 10.9. The first kappa shape index (κ1) is 19.2. The average Bonchev–Trinajstić information content (AvgIpc) is 2.52. The predicted molar refractivity (Wildman–Crippen MR) is 89.9 cm³/mol. The van der Waals surface area contributed by atoms with E-state index in [0.29, 0.717) is 22.4 Å². The molecule has 7 heteroatoms. The Morgan fingerprint density at radius 2 is 2.04 bits per heavy atom. The zero-order valence-corrected chi connectivity index (χ0v) is 15.0. The van der Waals surface area contributed by atoms with Crippen LogP contribution in [-0.2, 0) is 4.74 Å². The van der Waals surface area contributed by atoms with Crippen molar-refractivity contribution in [3.8, 4) is 5.75 Å². The van der Waals surface area contributed by atoms with Crippen LogP contribution in [0.15, 0.2) is 40.3 Å². The van der Waals surface area contributed by atoms with Gasteiger partial charge in [0, 0.05) is 6.42 Å². The molecule has 1 atom stereocenters. The number of nitro benzene ring substituents is 1. The Morgan fingerprint density at radius 1 is 1.39 bits per heavy atom. The van der Waals surface area contributed by atoms with Crippen LogP contribution in [0.4, 0.5) is 10.1 Å². The van der Waals surface area contributed by atoms with E-state index in [1.807, 2.05) is 20.8 Å². The third kappa shape index (κ3) is 4.54. The van der Waals surface area contributed by atoms with Crippen molar-refractivity contribution in [3.05, 3.63) is 56.2 Å². The summed E-state index contributed by atoms with van der Waals surface area (Å²) in [6.45, 7) is 5.96. The van der Waals surface area contributed by atoms with E-state index in [9.17, 15) is 14.5 Å². The second-order valence-electron chi connectivity index (χ2n) is 4.60. The predicted octanol–water partition coefficient (Wildman–Crippen LogP) is 5.32. The van der Waals surface area contributed by atoms with Crippen LogP contribution in [0, 0.1) is 21.8 Å². The molecule has 2 rings (SSSR count). The quantitative estimate of drug-likeness (QED) is 0.518. The van der Waals surface area contributed by atoms with Crippen molar-refractivity contribution in [2.24, 2.45) is 5.92 Å². The van der Waals surface area contributed by atoms with E-state index < -0.39 is 16.4 Å². The van der Waals surface area contributed by atoms with Crippen LogP contribution in [0.1, 0.15) is 27.2 Å². The average molecular weight is 388 g/mol. The summed E-state index contributed by atoms with van der Waals surface area (Å²) in [6, 6.07) is 3.74. The molecule has 0 fully saturated rings. The van der Waals surface area contributed by atoms with Crippen molar-refractivity contribution in [3.63, 3.8) is 0 Å². The van der Waals surface area contributed by atoms with Gasteiger partial charge in [0.25, 0.3) is 0 Å². The number of nitro groups is 1. The van der Waals surface area contributed by atoms with E-state index in [4.69, 9.17) is 9.47 Å². The number of ether oxygens (including phenoxy) is 2. The summed E-state index contributed by atoms with van der Waals surface area (Å²) in [7, 11) is 1.54. The maximum Gasteiger partial charge on any atom is 0.346 e. The number of rotatable bonds is 4. The van der Waals surface area contributed by atoms with E-state index in [2.05, 4.69) is 15.9 Å². The van der Waals surface area contributed by atoms with Gasteiger partial charge in [-0.15, -0.1) is 0 Å². The molecule has 0 amide bonds. The van der Waals surface area contributed by atoms with Crippen LogP contribution in [0.2, 0.25) is 0 Å². The fraction of sp³-hybridized carbons (Fsp3) is 0.375. The number of benzene rings is 1. The van der Waals surface area contributed by atoms with E-state index in [1.54, 1.807) is 6.08 Å². The van der Waals surface area contributed by atoms with Crippen LogP contribution in [-0.4, -0.2) is 12.0 Å². The van der Waals surface area contributed by atoms with Crippen LogP contribution < -0.4 is 4.74 Å². The first-order valence-corrected chi connectivity index (χ1v) is 7.99. The van der Waals surface area contributed by atoms with Crippen LogP contribution in [0.25, 0.3) is 0 Å². The van der Waals surface area contributed by atoms with E-state index in [0.717, 1.165) is 6.07 Å². The van der Waals surface area contributed by atoms with E-state index in [-0.39, 0.29) is 11.7 Å². The summed E-state index contributed by atoms with van der Waals surface area (Å²) >= 11 is 3.34. The molecule has 23 heavy (non-hydrogen) atoms. The Balaban J connectivity index is 0.00000127. The number of para-hydroxylation sites is 1. The number of halogens is 2. The van der Waals surface area contributed by atoms with Gasteiger partial charge in [0.2, 0.25) is 11.6 Å². The summed E-state index contributed by atoms with van der Waals surface area (Å²) in [6.07, 6.45) is 2.50. The zero-order valence-electron chi connectivity index (χ0n) is 13.4. The monoisotopic (exact) mass is 387 g/mol. The van der Waals surface area contributed by atoms with E-state index in [1.165, 1.54) is 19.2 Å². The smallest absolute Gasteiger partial charge is 0.346 e. The van der Waals surface area contributed by atoms with Gasteiger partial charge in [-0.1, -0.05) is 26.8 Å². The molecule has 0 saturated heterocycles. The molecule has 0 heterocycles. The molecule has 1 unspecified atom stereocenters. The zero-order chi connectivity index (χ0) is 17.6. The van der Waals surface area contributed by atoms with Crippen molar-refractivity contribution in [1.29, 1.82) is 0 Å². The molecule has 126 valence electrons. The molecule has 5 nitrogen and oxygen atoms in total. The molecule has 0 bridgehead atoms. The Bertz CT molecular complexity index is 643. The molecule has 1 aliphatic carbocycles. The lowest BCUT2D eigenvalue weighted by molar-refractivity contribution is -0.388. The van der Waals surface area contributed by atoms with Crippen molar-refractivity contribution < 1.29 is 18.8 Å². The van der Waals surface area contributed by atoms with Crippen molar-refractivity contribution >= 4 is 21.6 Å². The molecule has 1 aromatic carbocycles. The third-order valence-corrected chi connectivity index (χ3v) is 3.84. The summed E-state index contributed by atoms with van der Waals surface area (Å²) in [4.78, 5) is 10.2. The molecule has 0 N–H and O–H groups in total. The Labute approximate surface area is 143 Å². The fourth-order valence-electron chi connectivity index (χ4n) is 2.04. The van der Waals surface area contributed by atoms with Gasteiger partial charge in [0.1, 0.15) is 11.5 Å². The van der Waals surface area contributed by atoms with E-state index >= 15 is 0 Å². The number of allylic oxidation sites excluding steroid dienone is 3. The largest absolute Gasteiger partial charge is 0.500 e. The van der Waals surface area contributed by atoms with Gasteiger partial charge in [-0.25, -0.2) is 0 Å². The van der Waals surface area contributed by atoms with Crippen LogP contribution in [0.3, 0.4) is 0 Å². The molecule has 0 spiro atoms. The molecular weight excluding hydrogens is 369 g/mol. The molecule has 1 aromatic rings. The molecule has 0 aliphatic heterocycles. The maximum absolute atomic E-state index is 13.6. The Hall–Kier alpha value is -1.89. The Kier molecular flexibility index (Phi) is 7.22. The van der Waals surface area contributed by atoms with Gasteiger partial charge >= 0.3 is 5.69 Å². The topological polar surface area (TPSA) is 61.6 Å². The second kappa shape index (κ2) is 8.67. The first-order valence-electron chi connectivity index (χ1n) is 7.19. The standard InChI is InChI=1S/C14H13BrFNO4.C2H6/c1-8-6-11(20-2)13(15)12(7-8)21-10-5-3-4-9(16)14(10)17(18)19;1-2/h3-5,7-8H,6H2,1-2H3;1-2H3.